The van der Waals surface area contributed by atoms with Gasteiger partial charge in [-0.2, -0.15) is 5.10 Å². The number of rotatable bonds is 8. The quantitative estimate of drug-likeness (QED) is 0.643. The first-order valence-electron chi connectivity index (χ1n) is 7.23. The van der Waals surface area contributed by atoms with Crippen molar-refractivity contribution in [3.8, 4) is 11.4 Å². The van der Waals surface area contributed by atoms with Crippen molar-refractivity contribution in [1.82, 2.24) is 15.2 Å². The normalized spacial score (nSPS) is 10.6. The number of anilines is 1. The molecule has 7 nitrogen and oxygen atoms in total. The van der Waals surface area contributed by atoms with Crippen molar-refractivity contribution in [2.45, 2.75) is 25.8 Å². The summed E-state index contributed by atoms with van der Waals surface area (Å²) in [5.41, 5.74) is 7.12. The van der Waals surface area contributed by atoms with Crippen molar-refractivity contribution < 1.29 is 9.53 Å². The summed E-state index contributed by atoms with van der Waals surface area (Å²) in [5, 5.41) is 9.72. The molecule has 4 N–H and O–H groups in total. The lowest BCUT2D eigenvalue weighted by molar-refractivity contribution is -0.116. The fourth-order valence-electron chi connectivity index (χ4n) is 1.97. The number of nitrogens with zero attached hydrogens (tertiary/aromatic N) is 2. The summed E-state index contributed by atoms with van der Waals surface area (Å²) >= 11 is 0. The number of hydrogen-bond acceptors (Lipinski definition) is 5. The fourth-order valence-corrected chi connectivity index (χ4v) is 1.97. The first-order chi connectivity index (χ1) is 10.7. The second kappa shape index (κ2) is 8.26. The molecule has 1 amide bonds. The Morgan fingerprint density at radius 1 is 1.32 bits per heavy atom. The predicted molar refractivity (Wildman–Crippen MR) is 84.1 cm³/mol. The van der Waals surface area contributed by atoms with Crippen LogP contribution in [0.25, 0.3) is 11.4 Å². The Balaban J connectivity index is 1.87. The Bertz CT molecular complexity index is 594. The minimum absolute atomic E-state index is 0.00663. The first kappa shape index (κ1) is 16.1. The van der Waals surface area contributed by atoms with E-state index in [1.54, 1.807) is 7.11 Å². The van der Waals surface area contributed by atoms with Gasteiger partial charge in [-0.15, -0.1) is 0 Å². The topological polar surface area (TPSA) is 106 Å². The third-order valence-corrected chi connectivity index (χ3v) is 3.15. The molecule has 0 spiro atoms. The zero-order valence-corrected chi connectivity index (χ0v) is 12.6. The lowest BCUT2D eigenvalue weighted by atomic mass is 10.2. The summed E-state index contributed by atoms with van der Waals surface area (Å²) in [5.74, 6) is 1.24. The molecule has 0 saturated carbocycles. The Hall–Kier alpha value is -2.25. The Kier molecular flexibility index (Phi) is 6.05. The molecule has 0 aliphatic carbocycles. The van der Waals surface area contributed by atoms with E-state index >= 15 is 0 Å². The van der Waals surface area contributed by atoms with Crippen molar-refractivity contribution in [3.05, 3.63) is 30.1 Å². The Morgan fingerprint density at radius 2 is 2.09 bits per heavy atom. The third-order valence-electron chi connectivity index (χ3n) is 3.15. The van der Waals surface area contributed by atoms with Gasteiger partial charge in [-0.1, -0.05) is 0 Å². The number of amides is 1. The number of H-pyrrole nitrogens is 1. The zero-order valence-electron chi connectivity index (χ0n) is 12.6. The van der Waals surface area contributed by atoms with Gasteiger partial charge in [0.1, 0.15) is 5.82 Å². The monoisotopic (exact) mass is 303 g/mol. The molecular weight excluding hydrogens is 282 g/mol. The number of aromatic amines is 1. The second-order valence-electron chi connectivity index (χ2n) is 4.89. The molecular formula is C15H21N5O2. The Morgan fingerprint density at radius 3 is 2.73 bits per heavy atom. The van der Waals surface area contributed by atoms with Crippen LogP contribution in [0, 0.1) is 0 Å². The van der Waals surface area contributed by atoms with Gasteiger partial charge >= 0.3 is 0 Å². The summed E-state index contributed by atoms with van der Waals surface area (Å²) in [4.78, 5) is 16.0. The van der Waals surface area contributed by atoms with Gasteiger partial charge in [0.15, 0.2) is 5.82 Å². The van der Waals surface area contributed by atoms with Gasteiger partial charge < -0.3 is 15.8 Å². The molecule has 22 heavy (non-hydrogen) atoms. The number of nitrogens with two attached hydrogens (primary N) is 1. The minimum atomic E-state index is 0.00663. The highest BCUT2D eigenvalue weighted by atomic mass is 16.5. The van der Waals surface area contributed by atoms with E-state index in [0.29, 0.717) is 31.2 Å². The molecule has 1 aromatic carbocycles. The number of benzene rings is 1. The smallest absolute Gasteiger partial charge is 0.224 e. The SMILES string of the molecule is COCCCCC(=O)Nc1ccc(-c2n[nH]c(CN)n2)cc1. The van der Waals surface area contributed by atoms with Crippen LogP contribution in [-0.4, -0.2) is 34.8 Å². The number of nitrogens with one attached hydrogen (secondary N) is 2. The highest BCUT2D eigenvalue weighted by Crippen LogP contribution is 2.18. The van der Waals surface area contributed by atoms with Crippen LogP contribution in [0.5, 0.6) is 0 Å². The number of hydrogen-bond donors (Lipinski definition) is 3. The molecule has 2 aromatic rings. The number of unbranched alkanes of at least 4 members (excludes halogenated alkanes) is 1. The molecule has 0 aliphatic rings. The van der Waals surface area contributed by atoms with Gasteiger partial charge in [-0.3, -0.25) is 9.89 Å². The van der Waals surface area contributed by atoms with E-state index in [9.17, 15) is 4.79 Å². The largest absolute Gasteiger partial charge is 0.385 e. The van der Waals surface area contributed by atoms with Crippen molar-refractivity contribution in [2.24, 2.45) is 5.73 Å². The first-order valence-corrected chi connectivity index (χ1v) is 7.23. The number of methoxy groups -OCH3 is 1. The maximum atomic E-state index is 11.8. The van der Waals surface area contributed by atoms with Crippen LogP contribution < -0.4 is 11.1 Å². The van der Waals surface area contributed by atoms with E-state index in [0.717, 1.165) is 24.1 Å². The zero-order chi connectivity index (χ0) is 15.8. The summed E-state index contributed by atoms with van der Waals surface area (Å²) in [6.07, 6.45) is 2.19. The highest BCUT2D eigenvalue weighted by Gasteiger charge is 2.06. The van der Waals surface area contributed by atoms with Crippen LogP contribution in [0.1, 0.15) is 25.1 Å². The van der Waals surface area contributed by atoms with Gasteiger partial charge in [0.25, 0.3) is 0 Å². The molecule has 0 fully saturated rings. The molecule has 0 bridgehead atoms. The molecule has 0 unspecified atom stereocenters. The molecule has 7 heteroatoms. The van der Waals surface area contributed by atoms with Crippen LogP contribution >= 0.6 is 0 Å². The van der Waals surface area contributed by atoms with Gasteiger partial charge in [0.05, 0.1) is 6.54 Å². The second-order valence-corrected chi connectivity index (χ2v) is 4.89. The molecule has 118 valence electrons. The summed E-state index contributed by atoms with van der Waals surface area (Å²) in [6, 6.07) is 7.40. The third kappa shape index (κ3) is 4.64. The van der Waals surface area contributed by atoms with Gasteiger partial charge in [-0.05, 0) is 37.1 Å². The van der Waals surface area contributed by atoms with Crippen LogP contribution in [0.3, 0.4) is 0 Å². The van der Waals surface area contributed by atoms with E-state index in [2.05, 4.69) is 20.5 Å². The van der Waals surface area contributed by atoms with Crippen LogP contribution in [0.4, 0.5) is 5.69 Å². The lowest BCUT2D eigenvalue weighted by Gasteiger charge is -2.05. The highest BCUT2D eigenvalue weighted by molar-refractivity contribution is 5.90. The van der Waals surface area contributed by atoms with Gasteiger partial charge in [0, 0.05) is 31.4 Å². The van der Waals surface area contributed by atoms with Crippen molar-refractivity contribution in [2.75, 3.05) is 19.0 Å². The van der Waals surface area contributed by atoms with E-state index in [-0.39, 0.29) is 5.91 Å². The average Bonchev–Trinajstić information content (AvgIpc) is 3.01. The van der Waals surface area contributed by atoms with E-state index in [4.69, 9.17) is 10.5 Å². The fraction of sp³-hybridized carbons (Fsp3) is 0.400. The maximum Gasteiger partial charge on any atom is 0.224 e. The Labute approximate surface area is 129 Å². The molecule has 0 aliphatic heterocycles. The van der Waals surface area contributed by atoms with Gasteiger partial charge in [-0.25, -0.2) is 4.98 Å². The lowest BCUT2D eigenvalue weighted by Crippen LogP contribution is -2.11. The molecule has 1 aromatic heterocycles. The molecule has 0 atom stereocenters. The summed E-state index contributed by atoms with van der Waals surface area (Å²) in [6.45, 7) is 1.01. The summed E-state index contributed by atoms with van der Waals surface area (Å²) in [7, 11) is 1.66. The maximum absolute atomic E-state index is 11.8. The van der Waals surface area contributed by atoms with Crippen LogP contribution in [0.15, 0.2) is 24.3 Å². The average molecular weight is 303 g/mol. The number of carbonyl (C=O) groups excluding carboxylic acids is 1. The predicted octanol–water partition coefficient (Wildman–Crippen LogP) is 1.69. The van der Waals surface area contributed by atoms with E-state index in [1.165, 1.54) is 0 Å². The van der Waals surface area contributed by atoms with Gasteiger partial charge in [0.2, 0.25) is 5.91 Å². The van der Waals surface area contributed by atoms with Crippen molar-refractivity contribution in [3.63, 3.8) is 0 Å². The standard InChI is InChI=1S/C15H21N5O2/c1-22-9-3-2-4-14(21)17-12-7-5-11(6-8-12)15-18-13(10-16)19-20-15/h5-8H,2-4,9-10,16H2,1H3,(H,17,21)(H,18,19,20). The van der Waals surface area contributed by atoms with Crippen molar-refractivity contribution >= 4 is 11.6 Å². The number of aromatic nitrogens is 3. The van der Waals surface area contributed by atoms with E-state index in [1.807, 2.05) is 24.3 Å². The molecule has 0 radical (unpaired) electrons. The van der Waals surface area contributed by atoms with Crippen LogP contribution in [-0.2, 0) is 16.1 Å². The van der Waals surface area contributed by atoms with E-state index < -0.39 is 0 Å². The van der Waals surface area contributed by atoms with Crippen LogP contribution in [0.2, 0.25) is 0 Å². The molecule has 0 saturated heterocycles. The number of carbonyl (C=O) groups is 1. The molecule has 1 heterocycles. The number of ether oxygens (including phenoxy) is 1. The van der Waals surface area contributed by atoms with Crippen molar-refractivity contribution in [1.29, 1.82) is 0 Å². The minimum Gasteiger partial charge on any atom is -0.385 e. The molecule has 2 rings (SSSR count). The summed E-state index contributed by atoms with van der Waals surface area (Å²) < 4.78 is 4.95.